The molecule has 2 fully saturated rings. The number of carbonyl (C=O) groups excluding carboxylic acids is 1. The predicted molar refractivity (Wildman–Crippen MR) is 95.3 cm³/mol. The van der Waals surface area contributed by atoms with Gasteiger partial charge in [-0.05, 0) is 38.3 Å². The van der Waals surface area contributed by atoms with Gasteiger partial charge in [-0.2, -0.15) is 0 Å². The lowest BCUT2D eigenvalue weighted by molar-refractivity contribution is -0.146. The van der Waals surface area contributed by atoms with Gasteiger partial charge in [0.15, 0.2) is 5.54 Å². The normalized spacial score (nSPS) is 24.6. The van der Waals surface area contributed by atoms with E-state index in [1.54, 1.807) is 10.7 Å². The Morgan fingerprint density at radius 1 is 1.40 bits per heavy atom. The smallest absolute Gasteiger partial charge is 0.335 e. The number of hydrogen-bond acceptors (Lipinski definition) is 5. The highest BCUT2D eigenvalue weighted by Gasteiger charge is 2.72. The number of ether oxygens (including phenoxy) is 1. The fourth-order valence-corrected chi connectivity index (χ4v) is 4.21. The van der Waals surface area contributed by atoms with Gasteiger partial charge >= 0.3 is 5.97 Å². The molecule has 132 valence electrons. The minimum atomic E-state index is -0.687. The highest BCUT2D eigenvalue weighted by Crippen LogP contribution is 2.52. The number of hydrogen-bond donors (Lipinski definition) is 0. The number of aromatic nitrogens is 2. The summed E-state index contributed by atoms with van der Waals surface area (Å²) in [6.07, 6.45) is 2.61. The second-order valence-corrected chi connectivity index (χ2v) is 7.16. The number of esters is 1. The van der Waals surface area contributed by atoms with Crippen LogP contribution in [0.1, 0.15) is 51.8 Å². The Labute approximate surface area is 146 Å². The molecule has 2 aromatic rings. The minimum absolute atomic E-state index is 0.0321. The van der Waals surface area contributed by atoms with Crippen LogP contribution in [0.15, 0.2) is 29.1 Å². The molecule has 1 aromatic carbocycles. The molecule has 0 radical (unpaired) electrons. The first-order valence-corrected chi connectivity index (χ1v) is 9.01. The molecule has 2 unspecified atom stereocenters. The molecule has 0 N–H and O–H groups in total. The standard InChI is InChI=1S/C19H23N3O3/c1-4-25-18(24)19-11-7-10-15(19)22(19)21-16(12(2)3)20-14-9-6-5-8-13(14)17(21)23/h5-6,8-9,12,15H,4,7,10-11H2,1-3H3. The third kappa shape index (κ3) is 2.12. The number of nitrogens with zero attached hydrogens (tertiary/aromatic N) is 3. The summed E-state index contributed by atoms with van der Waals surface area (Å²) in [6.45, 7) is 6.20. The topological polar surface area (TPSA) is 64.2 Å². The lowest BCUT2D eigenvalue weighted by Crippen LogP contribution is -2.42. The zero-order valence-electron chi connectivity index (χ0n) is 14.9. The SMILES string of the molecule is CCOC(=O)C12CCCC1N2n1c(C(C)C)nc2ccccc2c1=O. The van der Waals surface area contributed by atoms with Crippen LogP contribution in [0.4, 0.5) is 0 Å². The van der Waals surface area contributed by atoms with E-state index in [-0.39, 0.29) is 23.5 Å². The maximum Gasteiger partial charge on any atom is 0.335 e. The molecule has 1 aliphatic carbocycles. The van der Waals surface area contributed by atoms with Crippen molar-refractivity contribution in [3.63, 3.8) is 0 Å². The Kier molecular flexibility index (Phi) is 3.60. The van der Waals surface area contributed by atoms with Crippen LogP contribution in [0.5, 0.6) is 0 Å². The fraction of sp³-hybridized carbons (Fsp3) is 0.526. The monoisotopic (exact) mass is 341 g/mol. The first-order chi connectivity index (χ1) is 12.0. The summed E-state index contributed by atoms with van der Waals surface area (Å²) in [5, 5.41) is 2.50. The van der Waals surface area contributed by atoms with Crippen molar-refractivity contribution in [1.29, 1.82) is 0 Å². The summed E-state index contributed by atoms with van der Waals surface area (Å²) < 4.78 is 6.98. The van der Waals surface area contributed by atoms with E-state index < -0.39 is 5.54 Å². The molecular weight excluding hydrogens is 318 g/mol. The molecule has 2 atom stereocenters. The van der Waals surface area contributed by atoms with E-state index in [1.807, 2.05) is 44.0 Å². The second-order valence-electron chi connectivity index (χ2n) is 7.16. The van der Waals surface area contributed by atoms with Gasteiger partial charge in [0.1, 0.15) is 5.82 Å². The number of rotatable bonds is 4. The molecule has 25 heavy (non-hydrogen) atoms. The molecule has 0 bridgehead atoms. The summed E-state index contributed by atoms with van der Waals surface area (Å²) in [7, 11) is 0. The highest BCUT2D eigenvalue weighted by atomic mass is 16.5. The average molecular weight is 341 g/mol. The first-order valence-electron chi connectivity index (χ1n) is 9.01. The van der Waals surface area contributed by atoms with E-state index in [9.17, 15) is 9.59 Å². The van der Waals surface area contributed by atoms with Gasteiger partial charge in [0, 0.05) is 5.92 Å². The molecule has 6 heteroatoms. The Bertz CT molecular complexity index is 904. The van der Waals surface area contributed by atoms with Crippen LogP contribution < -0.4 is 10.6 Å². The molecule has 6 nitrogen and oxygen atoms in total. The zero-order valence-corrected chi connectivity index (χ0v) is 14.9. The van der Waals surface area contributed by atoms with Crippen molar-refractivity contribution in [1.82, 2.24) is 9.66 Å². The summed E-state index contributed by atoms with van der Waals surface area (Å²) in [6, 6.07) is 7.41. The Morgan fingerprint density at radius 3 is 2.88 bits per heavy atom. The van der Waals surface area contributed by atoms with Gasteiger partial charge in [0.2, 0.25) is 0 Å². The lowest BCUT2D eigenvalue weighted by Gasteiger charge is -2.22. The van der Waals surface area contributed by atoms with Gasteiger partial charge < -0.3 is 4.74 Å². The third-order valence-corrected chi connectivity index (χ3v) is 5.36. The number of carbonyl (C=O) groups is 1. The molecule has 1 aliphatic heterocycles. The number of fused-ring (bicyclic) bond motifs is 2. The average Bonchev–Trinajstić information content (AvgIpc) is 3.01. The van der Waals surface area contributed by atoms with Crippen LogP contribution in [-0.4, -0.2) is 33.8 Å². The van der Waals surface area contributed by atoms with Crippen molar-refractivity contribution in [2.75, 3.05) is 11.6 Å². The Balaban J connectivity index is 1.90. The maximum absolute atomic E-state index is 13.2. The summed E-state index contributed by atoms with van der Waals surface area (Å²) in [4.78, 5) is 30.6. The minimum Gasteiger partial charge on any atom is -0.464 e. The van der Waals surface area contributed by atoms with Gasteiger partial charge in [-0.3, -0.25) is 9.80 Å². The van der Waals surface area contributed by atoms with E-state index in [1.165, 1.54) is 0 Å². The molecule has 2 heterocycles. The Morgan fingerprint density at radius 2 is 2.16 bits per heavy atom. The Hall–Kier alpha value is -2.37. The molecule has 0 spiro atoms. The molecule has 0 amide bonds. The van der Waals surface area contributed by atoms with E-state index in [4.69, 9.17) is 9.72 Å². The number of piperidine rings is 1. The van der Waals surface area contributed by atoms with Crippen molar-refractivity contribution in [3.05, 3.63) is 40.4 Å². The lowest BCUT2D eigenvalue weighted by atomic mass is 10.1. The number of para-hydroxylation sites is 1. The van der Waals surface area contributed by atoms with Crippen molar-refractivity contribution < 1.29 is 9.53 Å². The van der Waals surface area contributed by atoms with Crippen LogP contribution in [0.2, 0.25) is 0 Å². The van der Waals surface area contributed by atoms with E-state index >= 15 is 0 Å². The molecule has 1 saturated heterocycles. The second kappa shape index (κ2) is 5.58. The summed E-state index contributed by atoms with van der Waals surface area (Å²) in [5.41, 5.74) is -0.0924. The summed E-state index contributed by atoms with van der Waals surface area (Å²) in [5.74, 6) is 0.548. The highest BCUT2D eigenvalue weighted by molar-refractivity contribution is 5.91. The zero-order chi connectivity index (χ0) is 17.8. The quantitative estimate of drug-likeness (QED) is 0.631. The van der Waals surface area contributed by atoms with Gasteiger partial charge in [-0.25, -0.2) is 14.5 Å². The first kappa shape index (κ1) is 16.1. The fourth-order valence-electron chi connectivity index (χ4n) is 4.21. The van der Waals surface area contributed by atoms with E-state index in [0.29, 0.717) is 23.3 Å². The van der Waals surface area contributed by atoms with Crippen LogP contribution in [0.3, 0.4) is 0 Å². The van der Waals surface area contributed by atoms with Gasteiger partial charge in [-0.15, -0.1) is 0 Å². The molecule has 1 aromatic heterocycles. The third-order valence-electron chi connectivity index (χ3n) is 5.36. The number of benzene rings is 1. The molecule has 1 saturated carbocycles. The van der Waals surface area contributed by atoms with Crippen molar-refractivity contribution in [3.8, 4) is 0 Å². The molecule has 4 rings (SSSR count). The maximum atomic E-state index is 13.2. The predicted octanol–water partition coefficient (Wildman–Crippen LogP) is 2.33. The largest absolute Gasteiger partial charge is 0.464 e. The van der Waals surface area contributed by atoms with Crippen LogP contribution in [-0.2, 0) is 9.53 Å². The van der Waals surface area contributed by atoms with Gasteiger partial charge in [0.05, 0.1) is 23.6 Å². The molecule has 2 aliphatic rings. The van der Waals surface area contributed by atoms with Crippen LogP contribution in [0, 0.1) is 0 Å². The van der Waals surface area contributed by atoms with E-state index in [0.717, 1.165) is 19.3 Å². The van der Waals surface area contributed by atoms with E-state index in [2.05, 4.69) is 0 Å². The van der Waals surface area contributed by atoms with Gasteiger partial charge in [-0.1, -0.05) is 26.0 Å². The van der Waals surface area contributed by atoms with Crippen molar-refractivity contribution >= 4 is 16.9 Å². The van der Waals surface area contributed by atoms with Crippen molar-refractivity contribution in [2.45, 2.75) is 57.5 Å². The summed E-state index contributed by atoms with van der Waals surface area (Å²) >= 11 is 0. The van der Waals surface area contributed by atoms with Gasteiger partial charge in [0.25, 0.3) is 5.56 Å². The molecular formula is C19H23N3O3. The van der Waals surface area contributed by atoms with Crippen molar-refractivity contribution in [2.24, 2.45) is 0 Å². The van der Waals surface area contributed by atoms with Crippen LogP contribution in [0.25, 0.3) is 10.9 Å². The van der Waals surface area contributed by atoms with Crippen LogP contribution >= 0.6 is 0 Å².